The van der Waals surface area contributed by atoms with Crippen LogP contribution in [-0.2, 0) is 9.59 Å². The van der Waals surface area contributed by atoms with E-state index in [2.05, 4.69) is 18.2 Å². The minimum atomic E-state index is -0.229. The molecule has 2 amide bonds. The molecule has 5 rings (SSSR count). The Labute approximate surface area is 122 Å². The van der Waals surface area contributed by atoms with Crippen molar-refractivity contribution in [1.82, 2.24) is 0 Å². The van der Waals surface area contributed by atoms with Gasteiger partial charge < -0.3 is 0 Å². The Bertz CT molecular complexity index is 684. The lowest BCUT2D eigenvalue weighted by Crippen LogP contribution is -2.38. The maximum Gasteiger partial charge on any atom is 0.238 e. The van der Waals surface area contributed by atoms with E-state index >= 15 is 0 Å². The Morgan fingerprint density at radius 1 is 1.00 bits per heavy atom. The number of carbonyl (C=O) groups is 2. The summed E-state index contributed by atoms with van der Waals surface area (Å²) < 4.78 is 0. The fraction of sp³-hybridized carbons (Fsp3) is 0.353. The number of hydrogen-bond acceptors (Lipinski definition) is 3. The van der Waals surface area contributed by atoms with E-state index in [-0.39, 0.29) is 35.5 Å². The number of benzene rings is 1. The minimum absolute atomic E-state index is 0.133. The van der Waals surface area contributed by atoms with Crippen LogP contribution in [0.2, 0.25) is 0 Å². The van der Waals surface area contributed by atoms with E-state index in [0.29, 0.717) is 11.3 Å². The van der Waals surface area contributed by atoms with Gasteiger partial charge in [-0.05, 0) is 36.8 Å². The number of anilines is 1. The smallest absolute Gasteiger partial charge is 0.238 e. The number of hydrogen-bond donors (Lipinski definition) is 0. The lowest BCUT2D eigenvalue weighted by atomic mass is 9.63. The molecule has 1 heterocycles. The van der Waals surface area contributed by atoms with Gasteiger partial charge in [-0.3, -0.25) is 9.59 Å². The van der Waals surface area contributed by atoms with Crippen LogP contribution in [0.3, 0.4) is 0 Å². The second kappa shape index (κ2) is 4.29. The summed E-state index contributed by atoms with van der Waals surface area (Å²) in [6.45, 7) is 0. The molecular weight excluding hydrogens is 264 g/mol. The highest BCUT2D eigenvalue weighted by molar-refractivity contribution is 6.23. The number of allylic oxidation sites excluding steroid dienone is 2. The van der Waals surface area contributed by atoms with Crippen LogP contribution in [0, 0.1) is 35.0 Å². The molecule has 2 bridgehead atoms. The molecule has 21 heavy (non-hydrogen) atoms. The Hall–Kier alpha value is -2.41. The fourth-order valence-electron chi connectivity index (χ4n) is 4.07. The van der Waals surface area contributed by atoms with Crippen LogP contribution in [0.15, 0.2) is 36.4 Å². The van der Waals surface area contributed by atoms with E-state index in [0.717, 1.165) is 12.8 Å². The number of nitrogens with zero attached hydrogens (tertiary/aromatic N) is 2. The van der Waals surface area contributed by atoms with E-state index < -0.39 is 0 Å². The van der Waals surface area contributed by atoms with Crippen LogP contribution in [0.1, 0.15) is 18.4 Å². The quantitative estimate of drug-likeness (QED) is 0.584. The number of imide groups is 1. The monoisotopic (exact) mass is 278 g/mol. The molecule has 0 unspecified atom stereocenters. The lowest BCUT2D eigenvalue weighted by Gasteiger charge is -2.38. The Balaban J connectivity index is 1.81. The van der Waals surface area contributed by atoms with Crippen molar-refractivity contribution in [2.45, 2.75) is 12.8 Å². The third-order valence-electron chi connectivity index (χ3n) is 5.02. The van der Waals surface area contributed by atoms with Crippen molar-refractivity contribution >= 4 is 17.5 Å². The van der Waals surface area contributed by atoms with Gasteiger partial charge in [0.05, 0.1) is 23.1 Å². The third kappa shape index (κ3) is 1.55. The summed E-state index contributed by atoms with van der Waals surface area (Å²) in [5.41, 5.74) is 0.807. The summed E-state index contributed by atoms with van der Waals surface area (Å²) in [5.74, 6) is -0.370. The van der Waals surface area contributed by atoms with Gasteiger partial charge in [-0.15, -0.1) is 0 Å². The maximum atomic E-state index is 12.8. The van der Waals surface area contributed by atoms with Crippen molar-refractivity contribution in [2.24, 2.45) is 23.7 Å². The Kier molecular flexibility index (Phi) is 2.52. The number of rotatable bonds is 1. The molecule has 0 radical (unpaired) electrons. The molecule has 4 atom stereocenters. The van der Waals surface area contributed by atoms with E-state index in [1.54, 1.807) is 24.3 Å². The molecule has 0 spiro atoms. The predicted octanol–water partition coefficient (Wildman–Crippen LogP) is 2.26. The van der Waals surface area contributed by atoms with Crippen LogP contribution in [0.5, 0.6) is 0 Å². The number of amides is 2. The predicted molar refractivity (Wildman–Crippen MR) is 76.0 cm³/mol. The molecule has 4 nitrogen and oxygen atoms in total. The van der Waals surface area contributed by atoms with Gasteiger partial charge in [0.25, 0.3) is 0 Å². The first kappa shape index (κ1) is 12.3. The van der Waals surface area contributed by atoms with E-state index in [4.69, 9.17) is 0 Å². The second-order valence-electron chi connectivity index (χ2n) is 5.98. The standard InChI is InChI=1S/C17H14N2O2/c18-9-12-3-1-2-4-13(12)19-16(20)14-10-5-6-11(8-7-10)15(14)17(19)21/h1-6,10-11,14-15H,7-8H2/t10-,11-,14-,15-/m0/s1. The minimum Gasteiger partial charge on any atom is -0.274 e. The van der Waals surface area contributed by atoms with Gasteiger partial charge in [-0.1, -0.05) is 24.3 Å². The van der Waals surface area contributed by atoms with Gasteiger partial charge in [-0.25, -0.2) is 4.90 Å². The van der Waals surface area contributed by atoms with Crippen molar-refractivity contribution < 1.29 is 9.59 Å². The molecule has 0 aromatic heterocycles. The molecular formula is C17H14N2O2. The molecule has 104 valence electrons. The van der Waals surface area contributed by atoms with Crippen molar-refractivity contribution in [3.05, 3.63) is 42.0 Å². The Morgan fingerprint density at radius 3 is 2.10 bits per heavy atom. The van der Waals surface area contributed by atoms with Crippen LogP contribution in [0.25, 0.3) is 0 Å². The molecule has 3 aliphatic carbocycles. The average Bonchev–Trinajstić information content (AvgIpc) is 2.82. The van der Waals surface area contributed by atoms with Gasteiger partial charge in [-0.2, -0.15) is 5.26 Å². The highest BCUT2D eigenvalue weighted by Gasteiger charge is 2.57. The molecule has 4 heteroatoms. The topological polar surface area (TPSA) is 61.2 Å². The number of carbonyl (C=O) groups excluding carboxylic acids is 2. The maximum absolute atomic E-state index is 12.8. The first-order valence-corrected chi connectivity index (χ1v) is 7.27. The number of nitriles is 1. The van der Waals surface area contributed by atoms with E-state index in [9.17, 15) is 14.9 Å². The van der Waals surface area contributed by atoms with Gasteiger partial charge >= 0.3 is 0 Å². The van der Waals surface area contributed by atoms with Gasteiger partial charge in [0.1, 0.15) is 6.07 Å². The van der Waals surface area contributed by atoms with Crippen molar-refractivity contribution in [2.75, 3.05) is 4.90 Å². The lowest BCUT2D eigenvalue weighted by molar-refractivity contribution is -0.124. The largest absolute Gasteiger partial charge is 0.274 e. The molecule has 4 aliphatic rings. The first-order valence-electron chi connectivity index (χ1n) is 7.27. The zero-order valence-electron chi connectivity index (χ0n) is 11.4. The summed E-state index contributed by atoms with van der Waals surface area (Å²) in [6.07, 6.45) is 6.16. The normalized spacial score (nSPS) is 33.2. The molecule has 1 aromatic rings. The van der Waals surface area contributed by atoms with Crippen molar-refractivity contribution in [1.29, 1.82) is 5.26 Å². The van der Waals surface area contributed by atoms with Gasteiger partial charge in [0.2, 0.25) is 11.8 Å². The molecule has 0 N–H and O–H groups in total. The highest BCUT2D eigenvalue weighted by Crippen LogP contribution is 2.50. The van der Waals surface area contributed by atoms with Crippen LogP contribution in [0.4, 0.5) is 5.69 Å². The third-order valence-corrected chi connectivity index (χ3v) is 5.02. The molecule has 1 saturated carbocycles. The van der Waals surface area contributed by atoms with Crippen LogP contribution in [-0.4, -0.2) is 11.8 Å². The average molecular weight is 278 g/mol. The number of para-hydroxylation sites is 1. The van der Waals surface area contributed by atoms with Gasteiger partial charge in [0, 0.05) is 0 Å². The zero-order chi connectivity index (χ0) is 14.6. The summed E-state index contributed by atoms with van der Waals surface area (Å²) >= 11 is 0. The summed E-state index contributed by atoms with van der Waals surface area (Å²) in [6, 6.07) is 8.89. The molecule has 1 saturated heterocycles. The van der Waals surface area contributed by atoms with Crippen molar-refractivity contribution in [3.8, 4) is 6.07 Å². The molecule has 1 aliphatic heterocycles. The summed E-state index contributed by atoms with van der Waals surface area (Å²) in [7, 11) is 0. The van der Waals surface area contributed by atoms with Crippen molar-refractivity contribution in [3.63, 3.8) is 0 Å². The summed E-state index contributed by atoms with van der Waals surface area (Å²) in [5, 5.41) is 9.21. The SMILES string of the molecule is N#Cc1ccccc1N1C(=O)[C@@H]2[C@@H](C1=O)[C@H]1C=C[C@H]2CC1. The molecule has 2 fully saturated rings. The summed E-state index contributed by atoms with van der Waals surface area (Å²) in [4.78, 5) is 26.8. The van der Waals surface area contributed by atoms with Crippen LogP contribution >= 0.6 is 0 Å². The van der Waals surface area contributed by atoms with Crippen LogP contribution < -0.4 is 4.90 Å². The zero-order valence-corrected chi connectivity index (χ0v) is 11.4. The second-order valence-corrected chi connectivity index (χ2v) is 5.98. The Morgan fingerprint density at radius 2 is 1.57 bits per heavy atom. The molecule has 1 aromatic carbocycles. The van der Waals surface area contributed by atoms with E-state index in [1.165, 1.54) is 4.90 Å². The number of fused-ring (bicyclic) bond motifs is 1. The fourth-order valence-corrected chi connectivity index (χ4v) is 4.07. The van der Waals surface area contributed by atoms with Gasteiger partial charge in [0.15, 0.2) is 0 Å². The first-order chi connectivity index (χ1) is 10.2. The van der Waals surface area contributed by atoms with E-state index in [1.807, 2.05) is 0 Å². The highest BCUT2D eigenvalue weighted by atomic mass is 16.2.